The average molecular weight is 313 g/mol. The van der Waals surface area contributed by atoms with Crippen molar-refractivity contribution in [1.29, 1.82) is 0 Å². The van der Waals surface area contributed by atoms with Crippen LogP contribution < -0.4 is 10.2 Å². The molecule has 1 saturated heterocycles. The van der Waals surface area contributed by atoms with E-state index in [4.69, 9.17) is 0 Å². The zero-order valence-electron chi connectivity index (χ0n) is 12.9. The highest BCUT2D eigenvalue weighted by Crippen LogP contribution is 2.17. The summed E-state index contributed by atoms with van der Waals surface area (Å²) in [6.45, 7) is 1.65. The van der Waals surface area contributed by atoms with Crippen LogP contribution in [0.5, 0.6) is 0 Å². The van der Waals surface area contributed by atoms with Crippen molar-refractivity contribution in [3.8, 4) is 0 Å². The van der Waals surface area contributed by atoms with Crippen molar-refractivity contribution >= 4 is 11.7 Å². The molecule has 0 bridgehead atoms. The molecule has 1 aliphatic rings. The van der Waals surface area contributed by atoms with Crippen LogP contribution in [0.15, 0.2) is 48.7 Å². The Morgan fingerprint density at radius 2 is 2.09 bits per heavy atom. The Labute approximate surface area is 135 Å². The summed E-state index contributed by atoms with van der Waals surface area (Å²) in [5.41, 5.74) is 0.587. The van der Waals surface area contributed by atoms with Gasteiger partial charge in [0.2, 0.25) is 5.91 Å². The number of aryl methyl sites for hydroxylation is 1. The number of rotatable bonds is 5. The van der Waals surface area contributed by atoms with Crippen LogP contribution in [0.2, 0.25) is 0 Å². The van der Waals surface area contributed by atoms with Crippen molar-refractivity contribution in [3.05, 3.63) is 60.0 Å². The Balaban J connectivity index is 1.47. The lowest BCUT2D eigenvalue weighted by Crippen LogP contribution is -2.37. The van der Waals surface area contributed by atoms with Gasteiger partial charge in [0.25, 0.3) is 0 Å². The smallest absolute Gasteiger partial charge is 0.220 e. The third-order valence-corrected chi connectivity index (χ3v) is 4.11. The average Bonchev–Trinajstić information content (AvgIpc) is 3.03. The SMILES string of the molecule is O=C(CCc1ccccc1F)NC1CCN(c2ccccn2)C1. The van der Waals surface area contributed by atoms with Gasteiger partial charge >= 0.3 is 0 Å². The van der Waals surface area contributed by atoms with Gasteiger partial charge in [-0.15, -0.1) is 0 Å². The number of carbonyl (C=O) groups excluding carboxylic acids is 1. The summed E-state index contributed by atoms with van der Waals surface area (Å²) in [6, 6.07) is 12.6. The fourth-order valence-electron chi connectivity index (χ4n) is 2.88. The second-order valence-electron chi connectivity index (χ2n) is 5.78. The summed E-state index contributed by atoms with van der Waals surface area (Å²) in [4.78, 5) is 18.6. The molecule has 120 valence electrons. The van der Waals surface area contributed by atoms with Gasteiger partial charge in [-0.2, -0.15) is 0 Å². The molecule has 0 spiro atoms. The highest BCUT2D eigenvalue weighted by molar-refractivity contribution is 5.76. The molecule has 1 unspecified atom stereocenters. The van der Waals surface area contributed by atoms with Crippen LogP contribution in [0.25, 0.3) is 0 Å². The summed E-state index contributed by atoms with van der Waals surface area (Å²) in [5.74, 6) is 0.666. The summed E-state index contributed by atoms with van der Waals surface area (Å²) < 4.78 is 13.5. The fraction of sp³-hybridized carbons (Fsp3) is 0.333. The normalized spacial score (nSPS) is 17.3. The molecule has 23 heavy (non-hydrogen) atoms. The molecular formula is C18H20FN3O. The van der Waals surface area contributed by atoms with E-state index in [2.05, 4.69) is 15.2 Å². The number of amides is 1. The Morgan fingerprint density at radius 3 is 2.87 bits per heavy atom. The topological polar surface area (TPSA) is 45.2 Å². The van der Waals surface area contributed by atoms with E-state index >= 15 is 0 Å². The first-order valence-electron chi connectivity index (χ1n) is 7.91. The number of anilines is 1. The van der Waals surface area contributed by atoms with Gasteiger partial charge in [0, 0.05) is 31.7 Å². The zero-order valence-corrected chi connectivity index (χ0v) is 12.9. The number of pyridine rings is 1. The third-order valence-electron chi connectivity index (χ3n) is 4.11. The van der Waals surface area contributed by atoms with Gasteiger partial charge < -0.3 is 10.2 Å². The lowest BCUT2D eigenvalue weighted by atomic mass is 10.1. The Bertz CT molecular complexity index is 662. The largest absolute Gasteiger partial charge is 0.354 e. The van der Waals surface area contributed by atoms with Crippen LogP contribution in [-0.2, 0) is 11.2 Å². The number of aromatic nitrogens is 1. The van der Waals surface area contributed by atoms with E-state index in [1.54, 1.807) is 24.4 Å². The molecule has 3 rings (SSSR count). The number of hydrogen-bond acceptors (Lipinski definition) is 3. The van der Waals surface area contributed by atoms with Crippen molar-refractivity contribution in [2.45, 2.75) is 25.3 Å². The number of benzene rings is 1. The van der Waals surface area contributed by atoms with Crippen LogP contribution in [0.3, 0.4) is 0 Å². The Kier molecular flexibility index (Phi) is 4.86. The predicted molar refractivity (Wildman–Crippen MR) is 87.7 cm³/mol. The number of hydrogen-bond donors (Lipinski definition) is 1. The first kappa shape index (κ1) is 15.5. The number of halogens is 1. The summed E-state index contributed by atoms with van der Waals surface area (Å²) >= 11 is 0. The predicted octanol–water partition coefficient (Wildman–Crippen LogP) is 2.55. The maximum Gasteiger partial charge on any atom is 0.220 e. The molecule has 1 atom stereocenters. The summed E-state index contributed by atoms with van der Waals surface area (Å²) in [6.07, 6.45) is 3.41. The van der Waals surface area contributed by atoms with Gasteiger partial charge in [0.15, 0.2) is 0 Å². The fourth-order valence-corrected chi connectivity index (χ4v) is 2.88. The molecule has 0 saturated carbocycles. The highest BCUT2D eigenvalue weighted by Gasteiger charge is 2.24. The second kappa shape index (κ2) is 7.22. The van der Waals surface area contributed by atoms with Gasteiger partial charge in [-0.25, -0.2) is 9.37 Å². The van der Waals surface area contributed by atoms with E-state index in [1.165, 1.54) is 6.07 Å². The van der Waals surface area contributed by atoms with E-state index < -0.39 is 0 Å². The molecule has 1 amide bonds. The van der Waals surface area contributed by atoms with Gasteiger partial charge in [-0.05, 0) is 36.6 Å². The van der Waals surface area contributed by atoms with E-state index in [-0.39, 0.29) is 17.8 Å². The molecule has 2 heterocycles. The lowest BCUT2D eigenvalue weighted by molar-refractivity contribution is -0.121. The van der Waals surface area contributed by atoms with Crippen molar-refractivity contribution in [1.82, 2.24) is 10.3 Å². The van der Waals surface area contributed by atoms with Crippen LogP contribution in [0.1, 0.15) is 18.4 Å². The Hall–Kier alpha value is -2.43. The number of carbonyl (C=O) groups is 1. The molecule has 1 N–H and O–H groups in total. The van der Waals surface area contributed by atoms with E-state index in [0.29, 0.717) is 18.4 Å². The molecule has 2 aromatic rings. The van der Waals surface area contributed by atoms with E-state index in [1.807, 2.05) is 18.2 Å². The van der Waals surface area contributed by atoms with Crippen molar-refractivity contribution in [2.24, 2.45) is 0 Å². The van der Waals surface area contributed by atoms with Crippen molar-refractivity contribution < 1.29 is 9.18 Å². The van der Waals surface area contributed by atoms with Gasteiger partial charge in [-0.3, -0.25) is 4.79 Å². The molecule has 4 nitrogen and oxygen atoms in total. The molecule has 0 aliphatic carbocycles. The maximum absolute atomic E-state index is 13.5. The quantitative estimate of drug-likeness (QED) is 0.923. The molecular weight excluding hydrogens is 293 g/mol. The highest BCUT2D eigenvalue weighted by atomic mass is 19.1. The molecule has 5 heteroatoms. The zero-order chi connectivity index (χ0) is 16.1. The first-order valence-corrected chi connectivity index (χ1v) is 7.91. The first-order chi connectivity index (χ1) is 11.2. The van der Waals surface area contributed by atoms with Crippen molar-refractivity contribution in [2.75, 3.05) is 18.0 Å². The van der Waals surface area contributed by atoms with Gasteiger partial charge in [-0.1, -0.05) is 24.3 Å². The van der Waals surface area contributed by atoms with E-state index in [9.17, 15) is 9.18 Å². The minimum Gasteiger partial charge on any atom is -0.354 e. The molecule has 1 aliphatic heterocycles. The Morgan fingerprint density at radius 1 is 1.26 bits per heavy atom. The minimum atomic E-state index is -0.248. The molecule has 1 aromatic carbocycles. The lowest BCUT2D eigenvalue weighted by Gasteiger charge is -2.17. The molecule has 1 aromatic heterocycles. The maximum atomic E-state index is 13.5. The summed E-state index contributed by atoms with van der Waals surface area (Å²) in [5, 5.41) is 3.04. The molecule has 1 fully saturated rings. The summed E-state index contributed by atoms with van der Waals surface area (Å²) in [7, 11) is 0. The number of nitrogens with one attached hydrogen (secondary N) is 1. The van der Waals surface area contributed by atoms with E-state index in [0.717, 1.165) is 25.3 Å². The standard InChI is InChI=1S/C18H20FN3O/c19-16-6-2-1-5-14(16)8-9-18(23)21-15-10-12-22(13-15)17-7-3-4-11-20-17/h1-7,11,15H,8-10,12-13H2,(H,21,23). The third kappa shape index (κ3) is 4.06. The van der Waals surface area contributed by atoms with Crippen LogP contribution in [0, 0.1) is 5.82 Å². The second-order valence-corrected chi connectivity index (χ2v) is 5.78. The van der Waals surface area contributed by atoms with Gasteiger partial charge in [0.05, 0.1) is 0 Å². The van der Waals surface area contributed by atoms with Gasteiger partial charge in [0.1, 0.15) is 11.6 Å². The monoisotopic (exact) mass is 313 g/mol. The number of nitrogens with zero attached hydrogens (tertiary/aromatic N) is 2. The van der Waals surface area contributed by atoms with Crippen LogP contribution in [0.4, 0.5) is 10.2 Å². The minimum absolute atomic E-state index is 0.0267. The van der Waals surface area contributed by atoms with Crippen LogP contribution in [-0.4, -0.2) is 30.0 Å². The van der Waals surface area contributed by atoms with Crippen molar-refractivity contribution in [3.63, 3.8) is 0 Å². The van der Waals surface area contributed by atoms with Crippen LogP contribution >= 0.6 is 0 Å². The molecule has 0 radical (unpaired) electrons.